The number of halogens is 2. The average Bonchev–Trinajstić information content (AvgIpc) is 3.28. The maximum absolute atomic E-state index is 13.3. The van der Waals surface area contributed by atoms with Crippen molar-refractivity contribution in [3.05, 3.63) is 34.1 Å². The van der Waals surface area contributed by atoms with E-state index in [1.165, 1.54) is 18.4 Å². The minimum absolute atomic E-state index is 0.180. The van der Waals surface area contributed by atoms with E-state index >= 15 is 0 Å². The van der Waals surface area contributed by atoms with E-state index in [2.05, 4.69) is 40.0 Å². The van der Waals surface area contributed by atoms with Gasteiger partial charge in [0.05, 0.1) is 0 Å². The summed E-state index contributed by atoms with van der Waals surface area (Å²) in [5, 5.41) is 3.75. The number of rotatable bonds is 4. The van der Waals surface area contributed by atoms with Crippen LogP contribution in [0.2, 0.25) is 0 Å². The molecular formula is C17H24BrFN2. The summed E-state index contributed by atoms with van der Waals surface area (Å²) in [7, 11) is 0. The molecule has 1 saturated carbocycles. The van der Waals surface area contributed by atoms with E-state index in [9.17, 15) is 4.39 Å². The van der Waals surface area contributed by atoms with Gasteiger partial charge < -0.3 is 5.32 Å². The van der Waals surface area contributed by atoms with Crippen molar-refractivity contribution in [1.82, 2.24) is 10.2 Å². The molecule has 1 N–H and O–H groups in total. The Kier molecular flexibility index (Phi) is 4.40. The predicted octanol–water partition coefficient (Wildman–Crippen LogP) is 3.94. The zero-order valence-electron chi connectivity index (χ0n) is 12.8. The van der Waals surface area contributed by atoms with Gasteiger partial charge in [0.2, 0.25) is 0 Å². The van der Waals surface area contributed by atoms with Gasteiger partial charge in [0.25, 0.3) is 0 Å². The SMILES string of the molecule is CCC1(C)CNC(C2CC2)CN1Cc1ccc(F)cc1Br. The Hall–Kier alpha value is -0.450. The summed E-state index contributed by atoms with van der Waals surface area (Å²) in [6.45, 7) is 7.62. The van der Waals surface area contributed by atoms with Gasteiger partial charge in [-0.05, 0) is 49.8 Å². The predicted molar refractivity (Wildman–Crippen MR) is 87.7 cm³/mol. The van der Waals surface area contributed by atoms with Gasteiger partial charge in [0, 0.05) is 35.7 Å². The zero-order valence-corrected chi connectivity index (χ0v) is 14.4. The summed E-state index contributed by atoms with van der Waals surface area (Å²) in [4.78, 5) is 2.59. The minimum atomic E-state index is -0.181. The monoisotopic (exact) mass is 354 g/mol. The maximum atomic E-state index is 13.3. The lowest BCUT2D eigenvalue weighted by Gasteiger charge is -2.48. The van der Waals surface area contributed by atoms with E-state index in [0.717, 1.165) is 36.4 Å². The topological polar surface area (TPSA) is 15.3 Å². The van der Waals surface area contributed by atoms with Crippen molar-refractivity contribution < 1.29 is 4.39 Å². The van der Waals surface area contributed by atoms with E-state index in [0.29, 0.717) is 6.04 Å². The first kappa shape index (κ1) is 15.4. The van der Waals surface area contributed by atoms with E-state index < -0.39 is 0 Å². The van der Waals surface area contributed by atoms with Gasteiger partial charge in [-0.15, -0.1) is 0 Å². The quantitative estimate of drug-likeness (QED) is 0.880. The molecule has 1 aromatic rings. The van der Waals surface area contributed by atoms with Crippen LogP contribution < -0.4 is 5.32 Å². The minimum Gasteiger partial charge on any atom is -0.311 e. The van der Waals surface area contributed by atoms with Crippen LogP contribution >= 0.6 is 15.9 Å². The van der Waals surface area contributed by atoms with Gasteiger partial charge in [-0.25, -0.2) is 4.39 Å². The lowest BCUT2D eigenvalue weighted by Crippen LogP contribution is -2.63. The van der Waals surface area contributed by atoms with Crippen molar-refractivity contribution >= 4 is 15.9 Å². The van der Waals surface area contributed by atoms with Crippen LogP contribution in [0.4, 0.5) is 4.39 Å². The highest BCUT2D eigenvalue weighted by Gasteiger charge is 2.41. The van der Waals surface area contributed by atoms with Crippen LogP contribution in [0.5, 0.6) is 0 Å². The zero-order chi connectivity index (χ0) is 15.0. The number of hydrogen-bond donors (Lipinski definition) is 1. The van der Waals surface area contributed by atoms with E-state index in [1.54, 1.807) is 12.1 Å². The van der Waals surface area contributed by atoms with E-state index in [4.69, 9.17) is 0 Å². The highest BCUT2D eigenvalue weighted by atomic mass is 79.9. The molecule has 1 saturated heterocycles. The van der Waals surface area contributed by atoms with Crippen LogP contribution in [0.3, 0.4) is 0 Å². The first-order valence-electron chi connectivity index (χ1n) is 7.94. The van der Waals surface area contributed by atoms with Gasteiger partial charge in [-0.3, -0.25) is 4.90 Å². The molecule has 0 amide bonds. The van der Waals surface area contributed by atoms with Gasteiger partial charge in [-0.2, -0.15) is 0 Å². The smallest absolute Gasteiger partial charge is 0.124 e. The summed E-state index contributed by atoms with van der Waals surface area (Å²) in [6, 6.07) is 5.66. The first-order valence-corrected chi connectivity index (χ1v) is 8.73. The van der Waals surface area contributed by atoms with Crippen LogP contribution in [0.25, 0.3) is 0 Å². The summed E-state index contributed by atoms with van der Waals surface area (Å²) in [5.74, 6) is 0.686. The molecule has 1 aromatic carbocycles. The molecule has 21 heavy (non-hydrogen) atoms. The highest BCUT2D eigenvalue weighted by molar-refractivity contribution is 9.10. The van der Waals surface area contributed by atoms with Gasteiger partial charge in [0.15, 0.2) is 0 Å². The largest absolute Gasteiger partial charge is 0.311 e. The third kappa shape index (κ3) is 3.33. The number of nitrogens with zero attached hydrogens (tertiary/aromatic N) is 1. The van der Waals surface area contributed by atoms with Crippen molar-refractivity contribution in [2.24, 2.45) is 5.92 Å². The lowest BCUT2D eigenvalue weighted by molar-refractivity contribution is 0.0367. The third-order valence-electron chi connectivity index (χ3n) is 5.25. The van der Waals surface area contributed by atoms with Crippen LogP contribution in [0.15, 0.2) is 22.7 Å². The molecule has 116 valence electrons. The molecule has 2 atom stereocenters. The molecule has 2 fully saturated rings. The second kappa shape index (κ2) is 5.98. The summed E-state index contributed by atoms with van der Waals surface area (Å²) < 4.78 is 14.1. The fourth-order valence-corrected chi connectivity index (χ4v) is 3.74. The molecule has 4 heteroatoms. The maximum Gasteiger partial charge on any atom is 0.124 e. The molecule has 0 aromatic heterocycles. The first-order chi connectivity index (χ1) is 10.0. The molecule has 0 bridgehead atoms. The van der Waals surface area contributed by atoms with Crippen LogP contribution in [-0.4, -0.2) is 29.6 Å². The molecule has 0 spiro atoms. The van der Waals surface area contributed by atoms with Crippen molar-refractivity contribution in [2.75, 3.05) is 13.1 Å². The molecule has 0 radical (unpaired) electrons. The number of hydrogen-bond acceptors (Lipinski definition) is 2. The summed E-state index contributed by atoms with van der Waals surface area (Å²) >= 11 is 3.51. The molecule has 1 aliphatic heterocycles. The van der Waals surface area contributed by atoms with E-state index in [-0.39, 0.29) is 11.4 Å². The van der Waals surface area contributed by atoms with Gasteiger partial charge >= 0.3 is 0 Å². The molecule has 2 aliphatic rings. The van der Waals surface area contributed by atoms with Crippen molar-refractivity contribution in [3.63, 3.8) is 0 Å². The number of nitrogens with one attached hydrogen (secondary N) is 1. The number of benzene rings is 1. The van der Waals surface area contributed by atoms with Gasteiger partial charge in [-0.1, -0.05) is 28.9 Å². The third-order valence-corrected chi connectivity index (χ3v) is 5.99. The fourth-order valence-electron chi connectivity index (χ4n) is 3.26. The molecular weight excluding hydrogens is 331 g/mol. The standard InChI is InChI=1S/C17H24BrFN2/c1-3-17(2)11-20-16(12-4-5-12)10-21(17)9-13-6-7-14(19)8-15(13)18/h6-8,12,16,20H,3-5,9-11H2,1-2H3. The van der Waals surface area contributed by atoms with Crippen LogP contribution in [0.1, 0.15) is 38.7 Å². The van der Waals surface area contributed by atoms with Crippen molar-refractivity contribution in [2.45, 2.75) is 51.2 Å². The highest BCUT2D eigenvalue weighted by Crippen LogP contribution is 2.37. The summed E-state index contributed by atoms with van der Waals surface area (Å²) in [6.07, 6.45) is 3.86. The second-order valence-electron chi connectivity index (χ2n) is 6.79. The lowest BCUT2D eigenvalue weighted by atomic mass is 9.90. The fraction of sp³-hybridized carbons (Fsp3) is 0.647. The van der Waals surface area contributed by atoms with Crippen molar-refractivity contribution in [1.29, 1.82) is 0 Å². The Morgan fingerprint density at radius 2 is 2.19 bits per heavy atom. The summed E-state index contributed by atoms with van der Waals surface area (Å²) in [5.41, 5.74) is 1.35. The van der Waals surface area contributed by atoms with Crippen LogP contribution in [-0.2, 0) is 6.54 Å². The average molecular weight is 355 g/mol. The molecule has 1 aliphatic carbocycles. The van der Waals surface area contributed by atoms with Crippen LogP contribution in [0, 0.1) is 11.7 Å². The Morgan fingerprint density at radius 1 is 1.43 bits per heavy atom. The van der Waals surface area contributed by atoms with Gasteiger partial charge in [0.1, 0.15) is 5.82 Å². The molecule has 1 heterocycles. The Balaban J connectivity index is 1.78. The molecule has 2 unspecified atom stereocenters. The normalized spacial score (nSPS) is 30.6. The molecule has 3 rings (SSSR count). The Labute approximate surface area is 135 Å². The Bertz CT molecular complexity index is 518. The Morgan fingerprint density at radius 3 is 2.81 bits per heavy atom. The van der Waals surface area contributed by atoms with Crippen molar-refractivity contribution in [3.8, 4) is 0 Å². The van der Waals surface area contributed by atoms with E-state index in [1.807, 2.05) is 6.07 Å². The second-order valence-corrected chi connectivity index (χ2v) is 7.65. The molecule has 2 nitrogen and oxygen atoms in total. The number of piperazine rings is 1.